The van der Waals surface area contributed by atoms with Gasteiger partial charge in [-0.05, 0) is 65.6 Å². The number of thioether (sulfide) groups is 2. The second kappa shape index (κ2) is 22.8. The summed E-state index contributed by atoms with van der Waals surface area (Å²) in [5.74, 6) is 0.00126. The second-order valence-electron chi connectivity index (χ2n) is 14.1. The minimum Gasteiger partial charge on any atom is -0.466 e. The van der Waals surface area contributed by atoms with Gasteiger partial charge in [-0.2, -0.15) is 11.8 Å². The van der Waals surface area contributed by atoms with E-state index in [9.17, 15) is 19.2 Å². The Kier molecular flexibility index (Phi) is 19.0. The molecule has 0 saturated heterocycles. The molecule has 8 nitrogen and oxygen atoms in total. The molecule has 1 amide bonds. The Morgan fingerprint density at radius 1 is 0.902 bits per heavy atom. The average molecular weight is 756 g/mol. The van der Waals surface area contributed by atoms with E-state index in [1.54, 1.807) is 17.8 Å². The van der Waals surface area contributed by atoms with Crippen molar-refractivity contribution in [2.45, 2.75) is 108 Å². The molecule has 2 atom stereocenters. The maximum absolute atomic E-state index is 13.5. The lowest BCUT2D eigenvalue weighted by Crippen LogP contribution is -2.44. The molecule has 0 heterocycles. The van der Waals surface area contributed by atoms with Crippen molar-refractivity contribution in [1.29, 1.82) is 0 Å². The van der Waals surface area contributed by atoms with Crippen molar-refractivity contribution in [2.24, 2.45) is 0 Å². The SMILES string of the molecule is CCCCCCCC(=O)SCCC=C[C@H](CC(=O)OCC[Si](C)(C)C)OC(=O)[C@H](CCSC)NC(=O)OCC1c2ccccc2-c2ccccc21. The first kappa shape index (κ1) is 42.4. The summed E-state index contributed by atoms with van der Waals surface area (Å²) in [7, 11) is -1.40. The molecular formula is C40H57NO7S2Si. The number of nitrogens with one attached hydrogen (secondary N) is 1. The van der Waals surface area contributed by atoms with Gasteiger partial charge in [-0.25, -0.2) is 9.59 Å². The zero-order valence-electron chi connectivity index (χ0n) is 31.1. The minimum absolute atomic E-state index is 0.111. The first-order valence-corrected chi connectivity index (χ1v) is 24.4. The number of ether oxygens (including phenoxy) is 3. The van der Waals surface area contributed by atoms with Gasteiger partial charge in [0.2, 0.25) is 0 Å². The van der Waals surface area contributed by atoms with Gasteiger partial charge in [0, 0.05) is 26.2 Å². The second-order valence-corrected chi connectivity index (χ2v) is 21.9. The molecule has 0 bridgehead atoms. The van der Waals surface area contributed by atoms with E-state index in [1.807, 2.05) is 36.6 Å². The van der Waals surface area contributed by atoms with Crippen molar-refractivity contribution in [3.8, 4) is 11.1 Å². The molecule has 51 heavy (non-hydrogen) atoms. The average Bonchev–Trinajstić information content (AvgIpc) is 3.41. The van der Waals surface area contributed by atoms with E-state index in [0.29, 0.717) is 37.4 Å². The van der Waals surface area contributed by atoms with Crippen molar-refractivity contribution < 1.29 is 33.4 Å². The van der Waals surface area contributed by atoms with Gasteiger partial charge in [-0.15, -0.1) is 0 Å². The topological polar surface area (TPSA) is 108 Å². The normalized spacial score (nSPS) is 13.7. The molecular weight excluding hydrogens is 699 g/mol. The highest BCUT2D eigenvalue weighted by Gasteiger charge is 2.31. The van der Waals surface area contributed by atoms with Crippen LogP contribution in [0.3, 0.4) is 0 Å². The third kappa shape index (κ3) is 15.6. The molecule has 0 spiro atoms. The number of esters is 2. The van der Waals surface area contributed by atoms with Crippen LogP contribution in [0.5, 0.6) is 0 Å². The first-order valence-electron chi connectivity index (χ1n) is 18.3. The van der Waals surface area contributed by atoms with Gasteiger partial charge in [-0.3, -0.25) is 9.59 Å². The molecule has 2 aromatic carbocycles. The first-order chi connectivity index (χ1) is 24.5. The van der Waals surface area contributed by atoms with Gasteiger partial charge in [-0.1, -0.05) is 119 Å². The highest BCUT2D eigenvalue weighted by atomic mass is 32.2. The highest BCUT2D eigenvalue weighted by Crippen LogP contribution is 2.44. The summed E-state index contributed by atoms with van der Waals surface area (Å²) in [5.41, 5.74) is 4.46. The highest BCUT2D eigenvalue weighted by molar-refractivity contribution is 8.13. The Labute approximate surface area is 314 Å². The standard InChI is InChI=1S/C40H57NO7S2Si/c1-6-7-8-9-10-22-38(43)50-25-16-15-17-30(28-37(42)46-24-27-51(3,4)5)48-39(44)36(23-26-49-2)41-40(45)47-29-35-33-20-13-11-18-31(33)32-19-12-14-21-34(32)35/h11-15,17-21,30,35-36H,6-10,16,22-29H2,1-5H3,(H,41,45)/t30-,36+/m1/s1. The minimum atomic E-state index is -1.40. The zero-order valence-corrected chi connectivity index (χ0v) is 33.7. The van der Waals surface area contributed by atoms with Gasteiger partial charge >= 0.3 is 18.0 Å². The summed E-state index contributed by atoms with van der Waals surface area (Å²) < 4.78 is 17.1. The molecule has 280 valence electrons. The predicted octanol–water partition coefficient (Wildman–Crippen LogP) is 9.40. The third-order valence-electron chi connectivity index (χ3n) is 8.66. The Balaban J connectivity index is 1.59. The molecule has 2 aromatic rings. The Morgan fingerprint density at radius 3 is 2.22 bits per heavy atom. The number of benzene rings is 2. The van der Waals surface area contributed by atoms with Gasteiger partial charge in [0.1, 0.15) is 18.8 Å². The summed E-state index contributed by atoms with van der Waals surface area (Å²) in [6, 6.07) is 16.1. The van der Waals surface area contributed by atoms with Crippen LogP contribution in [-0.2, 0) is 28.6 Å². The Hall–Kier alpha value is -3.02. The Morgan fingerprint density at radius 2 is 1.57 bits per heavy atom. The molecule has 11 heteroatoms. The fraction of sp³-hybridized carbons (Fsp3) is 0.550. The lowest BCUT2D eigenvalue weighted by atomic mass is 9.98. The Bertz CT molecular complexity index is 1400. The van der Waals surface area contributed by atoms with Crippen LogP contribution in [0.25, 0.3) is 11.1 Å². The van der Waals surface area contributed by atoms with Crippen LogP contribution in [0.4, 0.5) is 4.79 Å². The molecule has 0 aromatic heterocycles. The lowest BCUT2D eigenvalue weighted by molar-refractivity contribution is -0.154. The van der Waals surface area contributed by atoms with Crippen LogP contribution in [0.2, 0.25) is 25.7 Å². The monoisotopic (exact) mass is 755 g/mol. The lowest BCUT2D eigenvalue weighted by Gasteiger charge is -2.21. The molecule has 1 aliphatic carbocycles. The number of carbonyl (C=O) groups excluding carboxylic acids is 4. The quantitative estimate of drug-likeness (QED) is 0.0390. The third-order valence-corrected chi connectivity index (χ3v) is 12.0. The molecule has 0 fully saturated rings. The zero-order chi connectivity index (χ0) is 37.1. The smallest absolute Gasteiger partial charge is 0.407 e. The number of carbonyl (C=O) groups is 4. The van der Waals surface area contributed by atoms with Crippen molar-refractivity contribution >= 4 is 54.7 Å². The van der Waals surface area contributed by atoms with Gasteiger partial charge in [0.05, 0.1) is 13.0 Å². The van der Waals surface area contributed by atoms with E-state index in [4.69, 9.17) is 14.2 Å². The maximum Gasteiger partial charge on any atom is 0.407 e. The summed E-state index contributed by atoms with van der Waals surface area (Å²) in [4.78, 5) is 51.7. The number of alkyl carbamates (subject to hydrolysis) is 1. The van der Waals surface area contributed by atoms with Crippen molar-refractivity contribution in [2.75, 3.05) is 31.0 Å². The predicted molar refractivity (Wildman–Crippen MR) is 213 cm³/mol. The molecule has 3 rings (SSSR count). The van der Waals surface area contributed by atoms with Gasteiger partial charge in [0.25, 0.3) is 0 Å². The van der Waals surface area contributed by atoms with E-state index in [0.717, 1.165) is 47.6 Å². The number of unbranched alkanes of at least 4 members (excludes halogenated alkanes) is 4. The largest absolute Gasteiger partial charge is 0.466 e. The maximum atomic E-state index is 13.5. The molecule has 1 N–H and O–H groups in total. The fourth-order valence-electron chi connectivity index (χ4n) is 5.78. The summed E-state index contributed by atoms with van der Waals surface area (Å²) >= 11 is 2.86. The van der Waals surface area contributed by atoms with E-state index in [2.05, 4.69) is 56.1 Å². The van der Waals surface area contributed by atoms with E-state index in [1.165, 1.54) is 24.6 Å². The van der Waals surface area contributed by atoms with Crippen LogP contribution in [-0.4, -0.2) is 74.3 Å². The number of hydrogen-bond donors (Lipinski definition) is 1. The number of rotatable bonds is 23. The molecule has 0 unspecified atom stereocenters. The summed E-state index contributed by atoms with van der Waals surface area (Å²) in [5, 5.41) is 2.91. The van der Waals surface area contributed by atoms with Crippen LogP contribution < -0.4 is 5.32 Å². The number of amides is 1. The van der Waals surface area contributed by atoms with E-state index < -0.39 is 38.3 Å². The number of hydrogen-bond acceptors (Lipinski definition) is 9. The van der Waals surface area contributed by atoms with Crippen molar-refractivity contribution in [1.82, 2.24) is 5.32 Å². The number of allylic oxidation sites excluding steroid dienone is 1. The van der Waals surface area contributed by atoms with Crippen LogP contribution in [0.15, 0.2) is 60.7 Å². The van der Waals surface area contributed by atoms with Crippen molar-refractivity contribution in [3.63, 3.8) is 0 Å². The summed E-state index contributed by atoms with van der Waals surface area (Å²) in [6.45, 7) is 9.25. The van der Waals surface area contributed by atoms with E-state index in [-0.39, 0.29) is 24.1 Å². The molecule has 1 aliphatic rings. The van der Waals surface area contributed by atoms with Crippen LogP contribution >= 0.6 is 23.5 Å². The van der Waals surface area contributed by atoms with E-state index >= 15 is 0 Å². The van der Waals surface area contributed by atoms with Gasteiger partial charge in [0.15, 0.2) is 5.12 Å². The number of fused-ring (bicyclic) bond motifs is 3. The molecule has 0 radical (unpaired) electrons. The summed E-state index contributed by atoms with van der Waals surface area (Å²) in [6.07, 6.45) is 10.8. The molecule has 0 saturated carbocycles. The molecule has 0 aliphatic heterocycles. The van der Waals surface area contributed by atoms with Crippen LogP contribution in [0.1, 0.15) is 81.8 Å². The van der Waals surface area contributed by atoms with Crippen molar-refractivity contribution in [3.05, 3.63) is 71.8 Å². The van der Waals surface area contributed by atoms with Crippen LogP contribution in [0, 0.1) is 0 Å². The van der Waals surface area contributed by atoms with Gasteiger partial charge < -0.3 is 19.5 Å². The fourth-order valence-corrected chi connectivity index (χ4v) is 7.73.